The fourth-order valence-corrected chi connectivity index (χ4v) is 3.74. The summed E-state index contributed by atoms with van der Waals surface area (Å²) in [6, 6.07) is 11.4. The zero-order valence-corrected chi connectivity index (χ0v) is 17.3. The number of urea groups is 1. The highest BCUT2D eigenvalue weighted by Crippen LogP contribution is 2.38. The van der Waals surface area contributed by atoms with Gasteiger partial charge in [-0.1, -0.05) is 29.3 Å². The normalized spacial score (nSPS) is 13.2. The molecule has 0 bridgehead atoms. The number of carbonyl (C=O) groups is 2. The first-order chi connectivity index (χ1) is 14.3. The second kappa shape index (κ2) is 7.81. The number of nitrogens with two attached hydrogens (primary N) is 1. The minimum atomic E-state index is -0.505. The molecule has 3 aromatic rings. The van der Waals surface area contributed by atoms with Gasteiger partial charge in [0, 0.05) is 30.1 Å². The number of rotatable bonds is 4. The fourth-order valence-electron chi connectivity index (χ4n) is 3.14. The smallest absolute Gasteiger partial charge is 0.330 e. The molecule has 4 rings (SSSR count). The van der Waals surface area contributed by atoms with Crippen molar-refractivity contribution in [2.45, 2.75) is 6.54 Å². The minimum absolute atomic E-state index is 0.232. The quantitative estimate of drug-likeness (QED) is 0.629. The van der Waals surface area contributed by atoms with E-state index in [1.54, 1.807) is 55.7 Å². The molecule has 30 heavy (non-hydrogen) atoms. The molecule has 0 saturated heterocycles. The molecule has 0 aliphatic carbocycles. The molecule has 2 heterocycles. The summed E-state index contributed by atoms with van der Waals surface area (Å²) in [6.45, 7) is 0.232. The van der Waals surface area contributed by atoms with E-state index in [2.05, 4.69) is 15.3 Å². The van der Waals surface area contributed by atoms with Crippen molar-refractivity contribution in [3.63, 3.8) is 0 Å². The van der Waals surface area contributed by atoms with Gasteiger partial charge in [-0.2, -0.15) is 4.98 Å². The Labute approximate surface area is 182 Å². The molecule has 152 valence electrons. The summed E-state index contributed by atoms with van der Waals surface area (Å²) >= 11 is 12.6. The number of nitrogens with zero attached hydrogens (tertiary/aromatic N) is 4. The Morgan fingerprint density at radius 2 is 1.80 bits per heavy atom. The zero-order valence-electron chi connectivity index (χ0n) is 15.8. The number of anilines is 4. The largest absolute Gasteiger partial charge is 0.366 e. The van der Waals surface area contributed by atoms with Gasteiger partial charge in [0.25, 0.3) is 0 Å². The van der Waals surface area contributed by atoms with Crippen LogP contribution in [-0.4, -0.2) is 29.0 Å². The molecule has 1 aliphatic rings. The van der Waals surface area contributed by atoms with Crippen molar-refractivity contribution in [1.82, 2.24) is 9.97 Å². The topological polar surface area (TPSA) is 104 Å². The van der Waals surface area contributed by atoms with Gasteiger partial charge in [0.05, 0.1) is 22.3 Å². The van der Waals surface area contributed by atoms with Crippen LogP contribution in [0.3, 0.4) is 0 Å². The predicted molar refractivity (Wildman–Crippen MR) is 117 cm³/mol. The van der Waals surface area contributed by atoms with Crippen LogP contribution >= 0.6 is 23.2 Å². The maximum absolute atomic E-state index is 13.0. The first kappa shape index (κ1) is 19.9. The van der Waals surface area contributed by atoms with Crippen molar-refractivity contribution in [3.05, 3.63) is 69.8 Å². The summed E-state index contributed by atoms with van der Waals surface area (Å²) in [5.41, 5.74) is 7.51. The molecule has 0 radical (unpaired) electrons. The molecule has 0 fully saturated rings. The molecular formula is C20H16Cl2N6O2. The van der Waals surface area contributed by atoms with Gasteiger partial charge >= 0.3 is 6.03 Å². The number of aromatic nitrogens is 2. The lowest BCUT2D eigenvalue weighted by atomic mass is 10.2. The number of hydrogen-bond acceptors (Lipinski definition) is 5. The van der Waals surface area contributed by atoms with E-state index in [-0.39, 0.29) is 12.6 Å². The molecule has 10 heteroatoms. The number of amides is 3. The lowest BCUT2D eigenvalue weighted by Gasteiger charge is -2.34. The highest BCUT2D eigenvalue weighted by molar-refractivity contribution is 6.40. The van der Waals surface area contributed by atoms with Crippen LogP contribution in [0.1, 0.15) is 15.9 Å². The first-order valence-corrected chi connectivity index (χ1v) is 9.63. The maximum Gasteiger partial charge on any atom is 0.330 e. The second-order valence-corrected chi connectivity index (χ2v) is 7.42. The summed E-state index contributed by atoms with van der Waals surface area (Å²) in [6.07, 6.45) is 1.64. The third-order valence-corrected chi connectivity index (χ3v) is 5.25. The van der Waals surface area contributed by atoms with Crippen molar-refractivity contribution in [3.8, 4) is 0 Å². The number of nitrogens with one attached hydrogen (secondary N) is 1. The summed E-state index contributed by atoms with van der Waals surface area (Å²) in [5.74, 6) is 0.282. The Hall–Kier alpha value is -3.36. The zero-order chi connectivity index (χ0) is 21.4. The van der Waals surface area contributed by atoms with Crippen LogP contribution in [0.4, 0.5) is 27.9 Å². The Morgan fingerprint density at radius 3 is 2.43 bits per heavy atom. The van der Waals surface area contributed by atoms with E-state index in [9.17, 15) is 9.59 Å². The highest BCUT2D eigenvalue weighted by Gasteiger charge is 2.32. The summed E-state index contributed by atoms with van der Waals surface area (Å²) in [4.78, 5) is 35.9. The van der Waals surface area contributed by atoms with Gasteiger partial charge in [-0.05, 0) is 36.4 Å². The molecule has 0 atom stereocenters. The standard InChI is InChI=1S/C20H16Cl2N6O2/c1-27-18-12(10-28(20(27)30)16-14(21)3-2-4-15(16)22)9-24-19(26-18)25-13-7-5-11(6-8-13)17(23)29/h2-9H,10H2,1H3,(H2,23,29)(H,24,25,26). The van der Waals surface area contributed by atoms with Crippen molar-refractivity contribution >= 4 is 58.3 Å². The van der Waals surface area contributed by atoms with Gasteiger partial charge in [-0.15, -0.1) is 0 Å². The number of benzene rings is 2. The van der Waals surface area contributed by atoms with Crippen molar-refractivity contribution < 1.29 is 9.59 Å². The first-order valence-electron chi connectivity index (χ1n) is 8.87. The summed E-state index contributed by atoms with van der Waals surface area (Å²) < 4.78 is 0. The molecule has 1 aromatic heterocycles. The third-order valence-electron chi connectivity index (χ3n) is 4.64. The van der Waals surface area contributed by atoms with E-state index in [4.69, 9.17) is 28.9 Å². The van der Waals surface area contributed by atoms with Crippen LogP contribution in [0.15, 0.2) is 48.7 Å². The second-order valence-electron chi connectivity index (χ2n) is 6.61. The number of primary amides is 1. The number of fused-ring (bicyclic) bond motifs is 1. The van der Waals surface area contributed by atoms with Crippen molar-refractivity contribution in [2.24, 2.45) is 5.73 Å². The van der Waals surface area contributed by atoms with E-state index in [1.165, 1.54) is 9.80 Å². The average molecular weight is 443 g/mol. The number of para-hydroxylation sites is 1. The number of hydrogen-bond donors (Lipinski definition) is 2. The molecule has 1 aliphatic heterocycles. The molecule has 0 spiro atoms. The van der Waals surface area contributed by atoms with E-state index < -0.39 is 5.91 Å². The molecule has 2 aromatic carbocycles. The van der Waals surface area contributed by atoms with E-state index in [1.807, 2.05) is 0 Å². The predicted octanol–water partition coefficient (Wildman–Crippen LogP) is 4.20. The Bertz CT molecular complexity index is 1130. The molecular weight excluding hydrogens is 427 g/mol. The van der Waals surface area contributed by atoms with E-state index >= 15 is 0 Å². The number of carbonyl (C=O) groups excluding carboxylic acids is 2. The van der Waals surface area contributed by atoms with Gasteiger partial charge in [-0.25, -0.2) is 9.78 Å². The van der Waals surface area contributed by atoms with Crippen LogP contribution in [-0.2, 0) is 6.54 Å². The molecule has 0 unspecified atom stereocenters. The summed E-state index contributed by atoms with van der Waals surface area (Å²) in [5, 5.41) is 3.81. The fraction of sp³-hybridized carbons (Fsp3) is 0.100. The molecule has 3 amide bonds. The van der Waals surface area contributed by atoms with Crippen molar-refractivity contribution in [2.75, 3.05) is 22.2 Å². The highest BCUT2D eigenvalue weighted by atomic mass is 35.5. The monoisotopic (exact) mass is 442 g/mol. The van der Waals surface area contributed by atoms with Gasteiger partial charge < -0.3 is 11.1 Å². The molecule has 0 saturated carbocycles. The van der Waals surface area contributed by atoms with Gasteiger partial charge in [0.2, 0.25) is 11.9 Å². The van der Waals surface area contributed by atoms with Crippen LogP contribution in [0.5, 0.6) is 0 Å². The van der Waals surface area contributed by atoms with Crippen LogP contribution in [0, 0.1) is 0 Å². The third kappa shape index (κ3) is 3.62. The Balaban J connectivity index is 1.62. The maximum atomic E-state index is 13.0. The van der Waals surface area contributed by atoms with Gasteiger partial charge in [0.15, 0.2) is 0 Å². The summed E-state index contributed by atoms with van der Waals surface area (Å²) in [7, 11) is 1.62. The van der Waals surface area contributed by atoms with Crippen LogP contribution in [0.25, 0.3) is 0 Å². The average Bonchev–Trinajstić information content (AvgIpc) is 2.72. The lowest BCUT2D eigenvalue weighted by Crippen LogP contribution is -2.46. The minimum Gasteiger partial charge on any atom is -0.366 e. The molecule has 8 nitrogen and oxygen atoms in total. The number of halogens is 2. The van der Waals surface area contributed by atoms with Crippen molar-refractivity contribution in [1.29, 1.82) is 0 Å². The van der Waals surface area contributed by atoms with Gasteiger partial charge in [0.1, 0.15) is 5.82 Å². The van der Waals surface area contributed by atoms with E-state index in [0.717, 1.165) is 5.56 Å². The van der Waals surface area contributed by atoms with Crippen LogP contribution < -0.4 is 20.9 Å². The SMILES string of the molecule is CN1C(=O)N(c2c(Cl)cccc2Cl)Cc2cnc(Nc3ccc(C(N)=O)cc3)nc21. The van der Waals surface area contributed by atoms with Gasteiger partial charge in [-0.3, -0.25) is 14.6 Å². The van der Waals surface area contributed by atoms with E-state index in [0.29, 0.717) is 38.7 Å². The Morgan fingerprint density at radius 1 is 1.13 bits per heavy atom. The lowest BCUT2D eigenvalue weighted by molar-refractivity contribution is 0.100. The van der Waals surface area contributed by atoms with Crippen LogP contribution in [0.2, 0.25) is 10.0 Å². The Kier molecular flexibility index (Phi) is 5.19. The molecule has 3 N–H and O–H groups in total.